The number of hydrogen-bond donors (Lipinski definition) is 2. The van der Waals surface area contributed by atoms with E-state index in [0.717, 1.165) is 30.8 Å². The van der Waals surface area contributed by atoms with Crippen LogP contribution in [0.4, 0.5) is 4.79 Å². The lowest BCUT2D eigenvalue weighted by Gasteiger charge is -2.32. The molecule has 5 nitrogen and oxygen atoms in total. The number of ether oxygens (including phenoxy) is 1. The van der Waals surface area contributed by atoms with Gasteiger partial charge in [-0.05, 0) is 50.9 Å². The highest BCUT2D eigenvalue weighted by atomic mass is 16.5. The van der Waals surface area contributed by atoms with Gasteiger partial charge in [0.2, 0.25) is 0 Å². The molecule has 1 fully saturated rings. The molecule has 0 radical (unpaired) electrons. The quantitative estimate of drug-likeness (QED) is 0.811. The van der Waals surface area contributed by atoms with E-state index in [1.165, 1.54) is 19.3 Å². The molecule has 0 aliphatic carbocycles. The van der Waals surface area contributed by atoms with E-state index in [-0.39, 0.29) is 6.03 Å². The van der Waals surface area contributed by atoms with Gasteiger partial charge in [0.1, 0.15) is 5.75 Å². The van der Waals surface area contributed by atoms with Crippen molar-refractivity contribution >= 4 is 6.03 Å². The Balaban J connectivity index is 1.65. The lowest BCUT2D eigenvalue weighted by atomic mass is 10.1. The number of carbonyl (C=O) groups is 1. The number of benzene rings is 1. The molecule has 1 aromatic carbocycles. The summed E-state index contributed by atoms with van der Waals surface area (Å²) in [4.78, 5) is 14.4. The summed E-state index contributed by atoms with van der Waals surface area (Å²) in [5.74, 6) is 0.869. The first-order chi connectivity index (χ1) is 11.2. The molecule has 1 atom stereocenters. The zero-order chi connectivity index (χ0) is 16.5. The molecule has 0 saturated carbocycles. The number of carbonyl (C=O) groups excluding carboxylic acids is 1. The molecule has 2 rings (SSSR count). The molecule has 1 aliphatic rings. The van der Waals surface area contributed by atoms with Gasteiger partial charge in [0.25, 0.3) is 0 Å². The first kappa shape index (κ1) is 17.6. The van der Waals surface area contributed by atoms with Crippen molar-refractivity contribution in [2.24, 2.45) is 0 Å². The maximum absolute atomic E-state index is 11.9. The van der Waals surface area contributed by atoms with Crippen molar-refractivity contribution in [1.29, 1.82) is 0 Å². The maximum Gasteiger partial charge on any atom is 0.314 e. The minimum Gasteiger partial charge on any atom is -0.496 e. The number of piperidine rings is 1. The summed E-state index contributed by atoms with van der Waals surface area (Å²) in [6, 6.07) is 8.20. The minimum absolute atomic E-state index is 0.0937. The maximum atomic E-state index is 11.9. The third kappa shape index (κ3) is 5.75. The van der Waals surface area contributed by atoms with Crippen LogP contribution in [0.1, 0.15) is 31.7 Å². The topological polar surface area (TPSA) is 53.6 Å². The van der Waals surface area contributed by atoms with Crippen LogP contribution in [0.2, 0.25) is 0 Å². The van der Waals surface area contributed by atoms with Gasteiger partial charge in [0.05, 0.1) is 7.11 Å². The van der Waals surface area contributed by atoms with Crippen LogP contribution in [0.25, 0.3) is 0 Å². The van der Waals surface area contributed by atoms with Gasteiger partial charge in [0, 0.05) is 19.1 Å². The molecule has 5 heteroatoms. The fraction of sp³-hybridized carbons (Fsp3) is 0.611. The van der Waals surface area contributed by atoms with E-state index in [0.29, 0.717) is 19.1 Å². The van der Waals surface area contributed by atoms with Crippen LogP contribution in [0.5, 0.6) is 5.75 Å². The second kappa shape index (κ2) is 9.40. The summed E-state index contributed by atoms with van der Waals surface area (Å²) in [5.41, 5.74) is 1.11. The zero-order valence-electron chi connectivity index (χ0n) is 14.3. The summed E-state index contributed by atoms with van der Waals surface area (Å²) in [7, 11) is 1.67. The Kier molecular flexibility index (Phi) is 7.20. The molecule has 2 amide bonds. The Morgan fingerprint density at radius 3 is 2.70 bits per heavy atom. The summed E-state index contributed by atoms with van der Waals surface area (Å²) < 4.78 is 5.32. The molecule has 128 valence electrons. The Labute approximate surface area is 139 Å². The lowest BCUT2D eigenvalue weighted by Crippen LogP contribution is -2.47. The van der Waals surface area contributed by atoms with Gasteiger partial charge in [-0.25, -0.2) is 4.79 Å². The smallest absolute Gasteiger partial charge is 0.314 e. The van der Waals surface area contributed by atoms with Crippen LogP contribution in [-0.2, 0) is 6.42 Å². The Morgan fingerprint density at radius 1 is 1.22 bits per heavy atom. The van der Waals surface area contributed by atoms with Crippen molar-refractivity contribution in [2.45, 2.75) is 38.6 Å². The SMILES string of the molecule is COc1ccccc1CCNC(=O)NCC(C)N1CCCCC1. The van der Waals surface area contributed by atoms with Gasteiger partial charge in [-0.3, -0.25) is 4.90 Å². The van der Waals surface area contributed by atoms with E-state index in [1.807, 2.05) is 24.3 Å². The highest BCUT2D eigenvalue weighted by Gasteiger charge is 2.16. The van der Waals surface area contributed by atoms with Crippen LogP contribution >= 0.6 is 0 Å². The Morgan fingerprint density at radius 2 is 1.96 bits per heavy atom. The molecule has 0 aromatic heterocycles. The molecular formula is C18H29N3O2. The molecule has 1 heterocycles. The lowest BCUT2D eigenvalue weighted by molar-refractivity contribution is 0.170. The van der Waals surface area contributed by atoms with Crippen LogP contribution in [-0.4, -0.2) is 50.3 Å². The van der Waals surface area contributed by atoms with Gasteiger partial charge < -0.3 is 15.4 Å². The Bertz CT molecular complexity index is 487. The molecule has 1 saturated heterocycles. The minimum atomic E-state index is -0.0937. The van der Waals surface area contributed by atoms with Crippen molar-refractivity contribution in [1.82, 2.24) is 15.5 Å². The number of methoxy groups -OCH3 is 1. The summed E-state index contributed by atoms with van der Waals surface area (Å²) >= 11 is 0. The fourth-order valence-electron chi connectivity index (χ4n) is 3.01. The van der Waals surface area contributed by atoms with Gasteiger partial charge in [-0.2, -0.15) is 0 Å². The van der Waals surface area contributed by atoms with Gasteiger partial charge in [-0.15, -0.1) is 0 Å². The summed E-state index contributed by atoms with van der Waals surface area (Å²) in [6.45, 7) is 5.78. The van der Waals surface area contributed by atoms with E-state index in [2.05, 4.69) is 22.5 Å². The number of urea groups is 1. The molecule has 2 N–H and O–H groups in total. The van der Waals surface area contributed by atoms with Crippen LogP contribution in [0.3, 0.4) is 0 Å². The number of amides is 2. The van der Waals surface area contributed by atoms with E-state index in [4.69, 9.17) is 4.74 Å². The molecule has 1 aliphatic heterocycles. The molecule has 1 aromatic rings. The first-order valence-electron chi connectivity index (χ1n) is 8.58. The van der Waals surface area contributed by atoms with Gasteiger partial charge >= 0.3 is 6.03 Å². The fourth-order valence-corrected chi connectivity index (χ4v) is 3.01. The molecule has 23 heavy (non-hydrogen) atoms. The summed E-state index contributed by atoms with van der Waals surface area (Å²) in [5, 5.41) is 5.89. The first-order valence-corrected chi connectivity index (χ1v) is 8.58. The van der Waals surface area contributed by atoms with E-state index >= 15 is 0 Å². The van der Waals surface area contributed by atoms with Crippen molar-refractivity contribution < 1.29 is 9.53 Å². The van der Waals surface area contributed by atoms with Crippen LogP contribution in [0.15, 0.2) is 24.3 Å². The highest BCUT2D eigenvalue weighted by molar-refractivity contribution is 5.73. The predicted molar refractivity (Wildman–Crippen MR) is 93.0 cm³/mol. The third-order valence-corrected chi connectivity index (χ3v) is 4.44. The molecular weight excluding hydrogens is 290 g/mol. The second-order valence-corrected chi connectivity index (χ2v) is 6.14. The largest absolute Gasteiger partial charge is 0.496 e. The second-order valence-electron chi connectivity index (χ2n) is 6.14. The number of para-hydroxylation sites is 1. The van der Waals surface area contributed by atoms with Gasteiger partial charge in [0.15, 0.2) is 0 Å². The van der Waals surface area contributed by atoms with Crippen LogP contribution < -0.4 is 15.4 Å². The van der Waals surface area contributed by atoms with Gasteiger partial charge in [-0.1, -0.05) is 24.6 Å². The normalized spacial score (nSPS) is 16.6. The number of nitrogens with one attached hydrogen (secondary N) is 2. The zero-order valence-corrected chi connectivity index (χ0v) is 14.3. The van der Waals surface area contributed by atoms with E-state index in [1.54, 1.807) is 7.11 Å². The molecule has 1 unspecified atom stereocenters. The van der Waals surface area contributed by atoms with Crippen molar-refractivity contribution in [3.63, 3.8) is 0 Å². The van der Waals surface area contributed by atoms with Crippen molar-refractivity contribution in [2.75, 3.05) is 33.3 Å². The average molecular weight is 319 g/mol. The summed E-state index contributed by atoms with van der Waals surface area (Å²) in [6.07, 6.45) is 4.64. The van der Waals surface area contributed by atoms with Crippen LogP contribution in [0, 0.1) is 0 Å². The van der Waals surface area contributed by atoms with Crippen molar-refractivity contribution in [3.05, 3.63) is 29.8 Å². The number of nitrogens with zero attached hydrogens (tertiary/aromatic N) is 1. The average Bonchev–Trinajstić information content (AvgIpc) is 2.61. The predicted octanol–water partition coefficient (Wildman–Crippen LogP) is 2.41. The number of rotatable bonds is 7. The standard InChI is InChI=1S/C18H29N3O2/c1-15(21-12-6-3-7-13-21)14-20-18(22)19-11-10-16-8-4-5-9-17(16)23-2/h4-5,8-9,15H,3,6-7,10-14H2,1-2H3,(H2,19,20,22). The Hall–Kier alpha value is -1.75. The third-order valence-electron chi connectivity index (χ3n) is 4.44. The number of hydrogen-bond acceptors (Lipinski definition) is 3. The molecule has 0 spiro atoms. The van der Waals surface area contributed by atoms with E-state index < -0.39 is 0 Å². The highest BCUT2D eigenvalue weighted by Crippen LogP contribution is 2.17. The number of likely N-dealkylation sites (tertiary alicyclic amines) is 1. The molecule has 0 bridgehead atoms. The van der Waals surface area contributed by atoms with E-state index in [9.17, 15) is 4.79 Å². The monoisotopic (exact) mass is 319 g/mol. The van der Waals surface area contributed by atoms with Crippen molar-refractivity contribution in [3.8, 4) is 5.75 Å².